The average Bonchev–Trinajstić information content (AvgIpc) is 2.84. The van der Waals surface area contributed by atoms with E-state index < -0.39 is 10.0 Å². The van der Waals surface area contributed by atoms with Crippen LogP contribution in [0.2, 0.25) is 0 Å². The Morgan fingerprint density at radius 1 is 1.19 bits per heavy atom. The summed E-state index contributed by atoms with van der Waals surface area (Å²) in [5.41, 5.74) is 0. The molecular weight excluding hydrogens is 288 g/mol. The quantitative estimate of drug-likeness (QED) is 0.907. The lowest BCUT2D eigenvalue weighted by Gasteiger charge is -2.31. The summed E-state index contributed by atoms with van der Waals surface area (Å²) in [6.45, 7) is 5.16. The van der Waals surface area contributed by atoms with E-state index in [2.05, 4.69) is 19.2 Å². The SMILES string of the molecule is CC1CC(C)CC(NCc2ccc(S(=O)(=O)N(C)C)o2)C1. The van der Waals surface area contributed by atoms with E-state index in [1.165, 1.54) is 39.4 Å². The molecule has 2 unspecified atom stereocenters. The molecule has 6 heteroatoms. The predicted octanol–water partition coefficient (Wildman–Crippen LogP) is 2.44. The molecule has 1 heterocycles. The van der Waals surface area contributed by atoms with E-state index in [4.69, 9.17) is 4.42 Å². The van der Waals surface area contributed by atoms with Crippen LogP contribution in [0.15, 0.2) is 21.6 Å². The first-order valence-corrected chi connectivity index (χ1v) is 8.97. The highest BCUT2D eigenvalue weighted by Gasteiger charge is 2.24. The Morgan fingerprint density at radius 3 is 2.38 bits per heavy atom. The number of hydrogen-bond donors (Lipinski definition) is 1. The van der Waals surface area contributed by atoms with Crippen LogP contribution in [0.3, 0.4) is 0 Å². The Morgan fingerprint density at radius 2 is 1.81 bits per heavy atom. The first kappa shape index (κ1) is 16.5. The van der Waals surface area contributed by atoms with E-state index in [-0.39, 0.29) is 5.09 Å². The lowest BCUT2D eigenvalue weighted by Crippen LogP contribution is -2.35. The molecule has 21 heavy (non-hydrogen) atoms. The second-order valence-electron chi connectivity index (χ2n) is 6.50. The van der Waals surface area contributed by atoms with Gasteiger partial charge in [-0.1, -0.05) is 13.8 Å². The number of nitrogens with one attached hydrogen (secondary N) is 1. The molecule has 2 atom stereocenters. The third-order valence-electron chi connectivity index (χ3n) is 4.12. The first-order valence-electron chi connectivity index (χ1n) is 7.53. The summed E-state index contributed by atoms with van der Waals surface area (Å²) in [6.07, 6.45) is 3.64. The first-order chi connectivity index (χ1) is 9.79. The van der Waals surface area contributed by atoms with E-state index >= 15 is 0 Å². The van der Waals surface area contributed by atoms with Gasteiger partial charge in [-0.3, -0.25) is 0 Å². The number of hydrogen-bond acceptors (Lipinski definition) is 4. The van der Waals surface area contributed by atoms with Gasteiger partial charge in [0.05, 0.1) is 6.54 Å². The van der Waals surface area contributed by atoms with E-state index in [0.29, 0.717) is 18.3 Å². The molecule has 5 nitrogen and oxygen atoms in total. The van der Waals surface area contributed by atoms with Crippen molar-refractivity contribution in [2.75, 3.05) is 14.1 Å². The molecule has 0 amide bonds. The second-order valence-corrected chi connectivity index (χ2v) is 8.59. The van der Waals surface area contributed by atoms with Crippen LogP contribution in [-0.4, -0.2) is 32.9 Å². The van der Waals surface area contributed by atoms with E-state index in [1.54, 1.807) is 6.07 Å². The summed E-state index contributed by atoms with van der Waals surface area (Å²) in [4.78, 5) is 0. The Labute approximate surface area is 127 Å². The van der Waals surface area contributed by atoms with Crippen LogP contribution in [0.1, 0.15) is 38.9 Å². The molecule has 0 saturated heterocycles. The van der Waals surface area contributed by atoms with Gasteiger partial charge < -0.3 is 9.73 Å². The number of sulfonamides is 1. The van der Waals surface area contributed by atoms with Crippen LogP contribution in [0.25, 0.3) is 0 Å². The molecule has 1 aromatic heterocycles. The van der Waals surface area contributed by atoms with Crippen molar-refractivity contribution in [2.45, 2.75) is 50.8 Å². The Hall–Kier alpha value is -0.850. The van der Waals surface area contributed by atoms with Crippen molar-refractivity contribution in [3.05, 3.63) is 17.9 Å². The van der Waals surface area contributed by atoms with Crippen LogP contribution in [0.4, 0.5) is 0 Å². The maximum absolute atomic E-state index is 11.9. The zero-order chi connectivity index (χ0) is 15.6. The van der Waals surface area contributed by atoms with E-state index in [1.807, 2.05) is 0 Å². The van der Waals surface area contributed by atoms with Crippen LogP contribution < -0.4 is 5.32 Å². The molecule has 0 aliphatic heterocycles. The molecule has 0 aromatic carbocycles. The predicted molar refractivity (Wildman–Crippen MR) is 82.4 cm³/mol. The molecule has 0 radical (unpaired) electrons. The highest BCUT2D eigenvalue weighted by Crippen LogP contribution is 2.28. The van der Waals surface area contributed by atoms with Gasteiger partial charge in [-0.2, -0.15) is 0 Å². The molecule has 0 bridgehead atoms. The Balaban J connectivity index is 1.94. The minimum atomic E-state index is -3.48. The highest BCUT2D eigenvalue weighted by molar-refractivity contribution is 7.88. The van der Waals surface area contributed by atoms with Gasteiger partial charge >= 0.3 is 0 Å². The molecule has 1 fully saturated rings. The van der Waals surface area contributed by atoms with Crippen molar-refractivity contribution in [3.63, 3.8) is 0 Å². The van der Waals surface area contributed by atoms with Gasteiger partial charge in [-0.05, 0) is 43.2 Å². The van der Waals surface area contributed by atoms with Crippen molar-refractivity contribution in [1.82, 2.24) is 9.62 Å². The standard InChI is InChI=1S/C15H26N2O3S/c1-11-7-12(2)9-13(8-11)16-10-14-5-6-15(20-14)21(18,19)17(3)4/h5-6,11-13,16H,7-10H2,1-4H3. The number of furan rings is 1. The van der Waals surface area contributed by atoms with Gasteiger partial charge in [0.1, 0.15) is 5.76 Å². The van der Waals surface area contributed by atoms with Gasteiger partial charge in [-0.25, -0.2) is 12.7 Å². The zero-order valence-electron chi connectivity index (χ0n) is 13.3. The summed E-state index contributed by atoms with van der Waals surface area (Å²) >= 11 is 0. The van der Waals surface area contributed by atoms with Crippen LogP contribution in [0.5, 0.6) is 0 Å². The summed E-state index contributed by atoms with van der Waals surface area (Å²) in [7, 11) is -0.477. The molecule has 1 aliphatic carbocycles. The topological polar surface area (TPSA) is 62.6 Å². The summed E-state index contributed by atoms with van der Waals surface area (Å²) in [5.74, 6) is 2.15. The summed E-state index contributed by atoms with van der Waals surface area (Å²) in [5, 5.41) is 3.50. The zero-order valence-corrected chi connectivity index (χ0v) is 14.1. The molecule has 1 aliphatic rings. The summed E-state index contributed by atoms with van der Waals surface area (Å²) in [6, 6.07) is 3.75. The normalized spacial score (nSPS) is 27.2. The van der Waals surface area contributed by atoms with Crippen molar-refractivity contribution in [2.24, 2.45) is 11.8 Å². The van der Waals surface area contributed by atoms with Crippen LogP contribution >= 0.6 is 0 Å². The lowest BCUT2D eigenvalue weighted by atomic mass is 9.80. The minimum absolute atomic E-state index is 0.00896. The van der Waals surface area contributed by atoms with Crippen molar-refractivity contribution in [1.29, 1.82) is 0 Å². The molecule has 0 spiro atoms. The highest BCUT2D eigenvalue weighted by atomic mass is 32.2. The number of nitrogens with zero attached hydrogens (tertiary/aromatic N) is 1. The van der Waals surface area contributed by atoms with Crippen LogP contribution in [0, 0.1) is 11.8 Å². The fourth-order valence-corrected chi connectivity index (χ4v) is 3.94. The second kappa shape index (κ2) is 6.50. The third-order valence-corrected chi connectivity index (χ3v) is 5.80. The number of rotatable bonds is 5. The Bertz CT molecular complexity index is 555. The molecule has 2 rings (SSSR count). The van der Waals surface area contributed by atoms with Crippen molar-refractivity contribution in [3.8, 4) is 0 Å². The molecule has 1 saturated carbocycles. The van der Waals surface area contributed by atoms with Gasteiger partial charge in [0.2, 0.25) is 5.09 Å². The minimum Gasteiger partial charge on any atom is -0.447 e. The molecule has 120 valence electrons. The van der Waals surface area contributed by atoms with Gasteiger partial charge in [0.15, 0.2) is 0 Å². The smallest absolute Gasteiger partial charge is 0.275 e. The maximum Gasteiger partial charge on any atom is 0.275 e. The van der Waals surface area contributed by atoms with E-state index in [0.717, 1.165) is 16.1 Å². The monoisotopic (exact) mass is 314 g/mol. The van der Waals surface area contributed by atoms with Gasteiger partial charge in [0.25, 0.3) is 10.0 Å². The fourth-order valence-electron chi connectivity index (χ4n) is 3.13. The van der Waals surface area contributed by atoms with Gasteiger partial charge in [-0.15, -0.1) is 0 Å². The van der Waals surface area contributed by atoms with E-state index in [9.17, 15) is 8.42 Å². The third kappa shape index (κ3) is 4.08. The molecular formula is C15H26N2O3S. The fraction of sp³-hybridized carbons (Fsp3) is 0.733. The Kier molecular flexibility index (Phi) is 5.11. The van der Waals surface area contributed by atoms with Crippen molar-refractivity contribution >= 4 is 10.0 Å². The van der Waals surface area contributed by atoms with Gasteiger partial charge in [0, 0.05) is 20.1 Å². The van der Waals surface area contributed by atoms with Crippen molar-refractivity contribution < 1.29 is 12.8 Å². The molecule has 1 N–H and O–H groups in total. The molecule has 1 aromatic rings. The average molecular weight is 314 g/mol. The summed E-state index contributed by atoms with van der Waals surface area (Å²) < 4.78 is 30.5. The largest absolute Gasteiger partial charge is 0.447 e. The lowest BCUT2D eigenvalue weighted by molar-refractivity contribution is 0.233. The maximum atomic E-state index is 11.9. The van der Waals surface area contributed by atoms with Crippen LogP contribution in [-0.2, 0) is 16.6 Å².